The molecule has 3 rings (SSSR count). The van der Waals surface area contributed by atoms with Crippen LogP contribution in [0.2, 0.25) is 0 Å². The summed E-state index contributed by atoms with van der Waals surface area (Å²) < 4.78 is 15.1. The number of imide groups is 1. The average molecular weight is 495 g/mol. The maximum Gasteiger partial charge on any atom is 0.416 e. The molecule has 10 heteroatoms. The van der Waals surface area contributed by atoms with Gasteiger partial charge >= 0.3 is 18.3 Å². The molecule has 4 N–H and O–H groups in total. The second-order valence-corrected chi connectivity index (χ2v) is 10.9. The van der Waals surface area contributed by atoms with Gasteiger partial charge < -0.3 is 25.1 Å². The standard InChI is InChI=1S/C25H38N2O8/c1-6-23(4)13-17(35-22(32)27-21(31)34-12-11-33-20(26)30)24(5)14(2)7-9-25(15(3)19(23)29)10-8-16(28)18(24)25/h6,14-15,17-19,29H,1,7-13H2,2-5H3,(H2,26,30)(H,27,31,32)/t14-,15+,17-,18+,19+,23-,24+,25+/m1/s1. The van der Waals surface area contributed by atoms with Gasteiger partial charge in [-0.15, -0.1) is 6.58 Å². The maximum absolute atomic E-state index is 13.3. The molecule has 3 saturated carbocycles. The Bertz CT molecular complexity index is 893. The van der Waals surface area contributed by atoms with Crippen molar-refractivity contribution in [3.8, 4) is 0 Å². The number of carbonyl (C=O) groups excluding carboxylic acids is 4. The summed E-state index contributed by atoms with van der Waals surface area (Å²) in [4.78, 5) is 48.7. The molecule has 0 aromatic carbocycles. The van der Waals surface area contributed by atoms with Gasteiger partial charge in [-0.25, -0.2) is 19.7 Å². The fourth-order valence-electron chi connectivity index (χ4n) is 7.06. The number of Topliss-reactive ketones (excluding diaryl/α,β-unsaturated/α-hetero) is 1. The Morgan fingerprint density at radius 3 is 2.46 bits per heavy atom. The molecule has 3 amide bonds. The van der Waals surface area contributed by atoms with Gasteiger partial charge in [0.15, 0.2) is 0 Å². The zero-order valence-electron chi connectivity index (χ0n) is 21.0. The molecule has 3 aliphatic rings. The number of ketones is 1. The number of aliphatic hydroxyl groups excluding tert-OH is 1. The van der Waals surface area contributed by atoms with E-state index in [2.05, 4.69) is 18.2 Å². The number of nitrogens with two attached hydrogens (primary N) is 1. The van der Waals surface area contributed by atoms with Crippen molar-refractivity contribution in [3.63, 3.8) is 0 Å². The van der Waals surface area contributed by atoms with E-state index in [4.69, 9.17) is 15.2 Å². The van der Waals surface area contributed by atoms with Crippen LogP contribution in [-0.2, 0) is 19.0 Å². The molecule has 0 aromatic heterocycles. The molecule has 35 heavy (non-hydrogen) atoms. The van der Waals surface area contributed by atoms with Crippen LogP contribution in [0.4, 0.5) is 14.4 Å². The summed E-state index contributed by atoms with van der Waals surface area (Å²) in [5.41, 5.74) is 2.98. The van der Waals surface area contributed by atoms with Crippen molar-refractivity contribution < 1.29 is 38.5 Å². The Labute approximate surface area is 205 Å². The first-order valence-electron chi connectivity index (χ1n) is 12.2. The van der Waals surface area contributed by atoms with Gasteiger partial charge in [0.05, 0.1) is 6.10 Å². The molecule has 2 bridgehead atoms. The number of primary amides is 1. The first-order chi connectivity index (χ1) is 16.3. The van der Waals surface area contributed by atoms with Crippen molar-refractivity contribution in [2.75, 3.05) is 13.2 Å². The molecule has 0 heterocycles. The van der Waals surface area contributed by atoms with E-state index in [1.165, 1.54) is 0 Å². The zero-order valence-corrected chi connectivity index (χ0v) is 21.0. The number of amides is 3. The second kappa shape index (κ2) is 9.79. The first-order valence-corrected chi connectivity index (χ1v) is 12.2. The van der Waals surface area contributed by atoms with E-state index in [0.29, 0.717) is 12.8 Å². The molecule has 0 saturated heterocycles. The molecule has 196 valence electrons. The zero-order chi connectivity index (χ0) is 26.2. The van der Waals surface area contributed by atoms with Gasteiger partial charge in [-0.05, 0) is 42.9 Å². The van der Waals surface area contributed by atoms with Crippen LogP contribution in [0.25, 0.3) is 0 Å². The quantitative estimate of drug-likeness (QED) is 0.299. The summed E-state index contributed by atoms with van der Waals surface area (Å²) in [5.74, 6) is -0.298. The summed E-state index contributed by atoms with van der Waals surface area (Å²) >= 11 is 0. The summed E-state index contributed by atoms with van der Waals surface area (Å²) in [6.07, 6.45) is 0.113. The number of aliphatic hydroxyl groups is 1. The van der Waals surface area contributed by atoms with Crippen LogP contribution >= 0.6 is 0 Å². The lowest BCUT2D eigenvalue weighted by molar-refractivity contribution is -0.191. The number of alkyl carbamates (subject to hydrolysis) is 2. The number of ether oxygens (including phenoxy) is 3. The average Bonchev–Trinajstić information content (AvgIpc) is 3.15. The third-order valence-corrected chi connectivity index (χ3v) is 9.32. The van der Waals surface area contributed by atoms with Crippen molar-refractivity contribution in [3.05, 3.63) is 12.7 Å². The van der Waals surface area contributed by atoms with Gasteiger partial charge in [-0.1, -0.05) is 33.8 Å². The fraction of sp³-hybridized carbons (Fsp3) is 0.760. The summed E-state index contributed by atoms with van der Waals surface area (Å²) in [7, 11) is 0. The van der Waals surface area contributed by atoms with Gasteiger partial charge in [-0.2, -0.15) is 0 Å². The Kier molecular flexibility index (Phi) is 7.55. The van der Waals surface area contributed by atoms with E-state index in [-0.39, 0.29) is 48.6 Å². The van der Waals surface area contributed by atoms with E-state index < -0.39 is 41.3 Å². The minimum Gasteiger partial charge on any atom is -0.446 e. The lowest BCUT2D eigenvalue weighted by atomic mass is 9.44. The molecule has 8 atom stereocenters. The van der Waals surface area contributed by atoms with Gasteiger partial charge in [0.1, 0.15) is 25.1 Å². The van der Waals surface area contributed by atoms with Crippen LogP contribution in [0.1, 0.15) is 59.8 Å². The van der Waals surface area contributed by atoms with E-state index >= 15 is 0 Å². The molecule has 0 aromatic rings. The van der Waals surface area contributed by atoms with E-state index in [1.807, 2.05) is 26.1 Å². The van der Waals surface area contributed by atoms with E-state index in [9.17, 15) is 24.3 Å². The Morgan fingerprint density at radius 2 is 1.83 bits per heavy atom. The van der Waals surface area contributed by atoms with Crippen molar-refractivity contribution in [2.24, 2.45) is 39.7 Å². The fourth-order valence-corrected chi connectivity index (χ4v) is 7.06. The number of hydrogen-bond donors (Lipinski definition) is 3. The van der Waals surface area contributed by atoms with Crippen molar-refractivity contribution in [2.45, 2.75) is 72.0 Å². The Hall–Kier alpha value is -2.62. The van der Waals surface area contributed by atoms with E-state index in [1.54, 1.807) is 6.08 Å². The molecule has 3 fully saturated rings. The van der Waals surface area contributed by atoms with Crippen LogP contribution in [0, 0.1) is 34.0 Å². The van der Waals surface area contributed by atoms with Gasteiger partial charge in [0.2, 0.25) is 0 Å². The molecule has 0 radical (unpaired) electrons. The highest BCUT2D eigenvalue weighted by Crippen LogP contribution is 2.67. The van der Waals surface area contributed by atoms with Crippen molar-refractivity contribution in [1.29, 1.82) is 0 Å². The topological polar surface area (TPSA) is 154 Å². The van der Waals surface area contributed by atoms with E-state index in [0.717, 1.165) is 12.8 Å². The highest BCUT2D eigenvalue weighted by molar-refractivity contribution is 5.88. The third kappa shape index (κ3) is 4.64. The van der Waals surface area contributed by atoms with Gasteiger partial charge in [0, 0.05) is 23.2 Å². The molecule has 0 spiro atoms. The van der Waals surface area contributed by atoms with Gasteiger partial charge in [-0.3, -0.25) is 4.79 Å². The lowest BCUT2D eigenvalue weighted by Crippen LogP contribution is -2.63. The van der Waals surface area contributed by atoms with Crippen LogP contribution < -0.4 is 11.1 Å². The first kappa shape index (κ1) is 27.0. The normalized spacial score (nSPS) is 40.5. The molecule has 3 aliphatic carbocycles. The molecule has 0 unspecified atom stereocenters. The number of rotatable bonds is 5. The molecule has 0 aliphatic heterocycles. The smallest absolute Gasteiger partial charge is 0.416 e. The largest absolute Gasteiger partial charge is 0.446 e. The van der Waals surface area contributed by atoms with Crippen molar-refractivity contribution in [1.82, 2.24) is 5.32 Å². The summed E-state index contributed by atoms with van der Waals surface area (Å²) in [6.45, 7) is 11.4. The van der Waals surface area contributed by atoms with Crippen LogP contribution in [0.5, 0.6) is 0 Å². The van der Waals surface area contributed by atoms with Crippen LogP contribution in [0.3, 0.4) is 0 Å². The molecular weight excluding hydrogens is 456 g/mol. The van der Waals surface area contributed by atoms with Gasteiger partial charge in [0.25, 0.3) is 0 Å². The predicted octanol–water partition coefficient (Wildman–Crippen LogP) is 3.31. The molecule has 10 nitrogen and oxygen atoms in total. The highest BCUT2D eigenvalue weighted by atomic mass is 16.6. The van der Waals surface area contributed by atoms with Crippen molar-refractivity contribution >= 4 is 24.1 Å². The lowest BCUT2D eigenvalue weighted by Gasteiger charge is -2.61. The third-order valence-electron chi connectivity index (χ3n) is 9.32. The predicted molar refractivity (Wildman–Crippen MR) is 125 cm³/mol. The number of nitrogens with one attached hydrogen (secondary N) is 1. The Balaban J connectivity index is 1.88. The second-order valence-electron chi connectivity index (χ2n) is 10.9. The van der Waals surface area contributed by atoms with Crippen LogP contribution in [0.15, 0.2) is 12.7 Å². The monoisotopic (exact) mass is 494 g/mol. The number of carbonyl (C=O) groups is 4. The summed E-state index contributed by atoms with van der Waals surface area (Å²) in [5, 5.41) is 13.5. The summed E-state index contributed by atoms with van der Waals surface area (Å²) in [6, 6.07) is 0. The number of hydrogen-bond acceptors (Lipinski definition) is 8. The highest BCUT2D eigenvalue weighted by Gasteiger charge is 2.68. The maximum atomic E-state index is 13.3. The Morgan fingerprint density at radius 1 is 1.17 bits per heavy atom. The molecular formula is C25H38N2O8. The minimum absolute atomic E-state index is 0.0647. The SMILES string of the molecule is C=C[C@]1(C)C[C@@H](OC(=O)NC(=O)OCCOC(N)=O)[C@]2(C)[C@H](C)CC[C@]3(CCC(=O)[C@H]32)[C@@H](C)[C@@H]1O. The minimum atomic E-state index is -1.07. The van der Waals surface area contributed by atoms with Crippen LogP contribution in [-0.4, -0.2) is 54.6 Å².